The minimum atomic E-state index is -0.131. The van der Waals surface area contributed by atoms with E-state index in [0.717, 1.165) is 90.8 Å². The smallest absolute Gasteiger partial charge is 0.306 e. The Balaban J connectivity index is 2.12. The lowest BCUT2D eigenvalue weighted by Gasteiger charge is -2.19. The number of carbonyl (C=O) groups excluding carboxylic acids is 1. The second-order valence-electron chi connectivity index (χ2n) is 17.1. The van der Waals surface area contributed by atoms with Crippen LogP contribution in [0.4, 0.5) is 0 Å². The highest BCUT2D eigenvalue weighted by molar-refractivity contribution is 5.69. The molecule has 1 heterocycles. The van der Waals surface area contributed by atoms with Gasteiger partial charge in [-0.15, -0.1) is 0 Å². The Kier molecular flexibility index (Phi) is 41.4. The molecule has 0 saturated carbocycles. The van der Waals surface area contributed by atoms with E-state index in [0.29, 0.717) is 6.42 Å². The van der Waals surface area contributed by atoms with E-state index in [1.165, 1.54) is 154 Å². The van der Waals surface area contributed by atoms with E-state index in [9.17, 15) is 4.79 Å². The van der Waals surface area contributed by atoms with Crippen molar-refractivity contribution in [3.63, 3.8) is 0 Å². The standard InChI is InChI=1S/C51H97NO6/c1-5-7-9-11-13-15-19-25-33-44-54-48(3)56-46-35-27-21-17-23-29-38-50(58-51(53)40-37-43-52-41-31-32-42-52)39-30-24-18-22-28-36-47-57-49(4)55-45-34-26-20-16-14-12-10-8-6-2/h19-20,25-26,48-50H,5-18,21-24,27-47H2,1-4H3/b25-19-,26-20-. The number of hydrogen-bond donors (Lipinski definition) is 0. The van der Waals surface area contributed by atoms with Gasteiger partial charge in [0.15, 0.2) is 12.6 Å². The van der Waals surface area contributed by atoms with Gasteiger partial charge >= 0.3 is 5.97 Å². The first-order valence-electron chi connectivity index (χ1n) is 25.2. The molecule has 0 bridgehead atoms. The van der Waals surface area contributed by atoms with Crippen molar-refractivity contribution in [1.29, 1.82) is 0 Å². The molecule has 0 aromatic rings. The first-order chi connectivity index (χ1) is 28.5. The molecule has 58 heavy (non-hydrogen) atoms. The predicted octanol–water partition coefficient (Wildman–Crippen LogP) is 14.6. The van der Waals surface area contributed by atoms with Crippen molar-refractivity contribution in [3.05, 3.63) is 24.3 Å². The molecule has 7 nitrogen and oxygen atoms in total. The Morgan fingerprint density at radius 3 is 1.36 bits per heavy atom. The Bertz CT molecular complexity index is 851. The zero-order valence-electron chi connectivity index (χ0n) is 39.0. The number of rotatable bonds is 45. The normalized spacial score (nSPS) is 15.2. The summed E-state index contributed by atoms with van der Waals surface area (Å²) in [7, 11) is 0. The highest BCUT2D eigenvalue weighted by Gasteiger charge is 2.16. The number of ether oxygens (including phenoxy) is 5. The van der Waals surface area contributed by atoms with E-state index >= 15 is 0 Å². The van der Waals surface area contributed by atoms with Gasteiger partial charge in [-0.2, -0.15) is 0 Å². The van der Waals surface area contributed by atoms with Gasteiger partial charge in [-0.3, -0.25) is 4.79 Å². The van der Waals surface area contributed by atoms with Crippen molar-refractivity contribution < 1.29 is 28.5 Å². The summed E-state index contributed by atoms with van der Waals surface area (Å²) < 4.78 is 29.5. The predicted molar refractivity (Wildman–Crippen MR) is 246 cm³/mol. The lowest BCUT2D eigenvalue weighted by atomic mass is 10.0. The molecule has 2 atom stereocenters. The lowest BCUT2D eigenvalue weighted by Crippen LogP contribution is -2.23. The van der Waals surface area contributed by atoms with Crippen LogP contribution in [0.3, 0.4) is 0 Å². The van der Waals surface area contributed by atoms with Crippen molar-refractivity contribution in [3.8, 4) is 0 Å². The molecule has 1 aliphatic heterocycles. The van der Waals surface area contributed by atoms with Gasteiger partial charge in [0.2, 0.25) is 0 Å². The van der Waals surface area contributed by atoms with Crippen molar-refractivity contribution in [1.82, 2.24) is 4.90 Å². The Morgan fingerprint density at radius 2 is 0.879 bits per heavy atom. The third kappa shape index (κ3) is 38.9. The van der Waals surface area contributed by atoms with Gasteiger partial charge in [0.05, 0.1) is 13.2 Å². The highest BCUT2D eigenvalue weighted by atomic mass is 16.7. The van der Waals surface area contributed by atoms with Gasteiger partial charge in [0.25, 0.3) is 0 Å². The topological polar surface area (TPSA) is 66.5 Å². The fraction of sp³-hybridized carbons (Fsp3) is 0.902. The number of carbonyl (C=O) groups is 1. The molecule has 7 heteroatoms. The minimum Gasteiger partial charge on any atom is -0.462 e. The summed E-state index contributed by atoms with van der Waals surface area (Å²) in [4.78, 5) is 15.3. The molecule has 1 saturated heterocycles. The fourth-order valence-corrected chi connectivity index (χ4v) is 7.72. The summed E-state index contributed by atoms with van der Waals surface area (Å²) in [6, 6.07) is 0. The number of esters is 1. The molecule has 0 aromatic carbocycles. The summed E-state index contributed by atoms with van der Waals surface area (Å²) in [6.07, 6.45) is 46.9. The molecular weight excluding hydrogens is 723 g/mol. The molecule has 2 unspecified atom stereocenters. The molecule has 1 fully saturated rings. The van der Waals surface area contributed by atoms with E-state index in [1.807, 2.05) is 13.8 Å². The zero-order chi connectivity index (χ0) is 41.8. The molecule has 1 rings (SSSR count). The maximum atomic E-state index is 12.8. The lowest BCUT2D eigenvalue weighted by molar-refractivity contribution is -0.150. The second-order valence-corrected chi connectivity index (χ2v) is 17.1. The van der Waals surface area contributed by atoms with Gasteiger partial charge in [-0.25, -0.2) is 0 Å². The maximum Gasteiger partial charge on any atom is 0.306 e. The van der Waals surface area contributed by atoms with Crippen molar-refractivity contribution in [2.45, 2.75) is 252 Å². The number of hydrogen-bond acceptors (Lipinski definition) is 7. The van der Waals surface area contributed by atoms with Crippen LogP contribution in [0.15, 0.2) is 24.3 Å². The molecule has 342 valence electrons. The van der Waals surface area contributed by atoms with Crippen LogP contribution in [0.25, 0.3) is 0 Å². The highest BCUT2D eigenvalue weighted by Crippen LogP contribution is 2.19. The first kappa shape index (κ1) is 54.8. The summed E-state index contributed by atoms with van der Waals surface area (Å²) in [5, 5.41) is 0. The van der Waals surface area contributed by atoms with Crippen LogP contribution in [0, 0.1) is 0 Å². The van der Waals surface area contributed by atoms with Crippen LogP contribution >= 0.6 is 0 Å². The minimum absolute atomic E-state index is 0.00914. The number of nitrogens with zero attached hydrogens (tertiary/aromatic N) is 1. The Labute approximate surface area is 360 Å². The molecular formula is C51H97NO6. The van der Waals surface area contributed by atoms with Gasteiger partial charge in [-0.1, -0.05) is 141 Å². The van der Waals surface area contributed by atoms with E-state index in [-0.39, 0.29) is 24.7 Å². The SMILES string of the molecule is CCCCCCC/C=C\CCOC(C)OCCCCCCCCC(CCCCCCCCOC(C)OCC/C=C\CCCCCCC)OC(=O)CCCN1CCCC1. The van der Waals surface area contributed by atoms with E-state index in [1.54, 1.807) is 0 Å². The van der Waals surface area contributed by atoms with Crippen LogP contribution in [-0.4, -0.2) is 75.6 Å². The fourth-order valence-electron chi connectivity index (χ4n) is 7.72. The molecule has 0 amide bonds. The van der Waals surface area contributed by atoms with Gasteiger partial charge in [0, 0.05) is 19.6 Å². The molecule has 0 N–H and O–H groups in total. The van der Waals surface area contributed by atoms with Crippen LogP contribution in [0.1, 0.15) is 233 Å². The van der Waals surface area contributed by atoms with Gasteiger partial charge in [-0.05, 0) is 130 Å². The van der Waals surface area contributed by atoms with E-state index in [2.05, 4.69) is 43.1 Å². The van der Waals surface area contributed by atoms with Crippen molar-refractivity contribution in [2.24, 2.45) is 0 Å². The Hall–Kier alpha value is -1.25. The Morgan fingerprint density at radius 1 is 0.483 bits per heavy atom. The average molecular weight is 820 g/mol. The first-order valence-corrected chi connectivity index (χ1v) is 25.2. The largest absolute Gasteiger partial charge is 0.462 e. The second kappa shape index (κ2) is 43.8. The van der Waals surface area contributed by atoms with E-state index < -0.39 is 0 Å². The van der Waals surface area contributed by atoms with Gasteiger partial charge in [0.1, 0.15) is 6.10 Å². The molecule has 0 aromatic heterocycles. The van der Waals surface area contributed by atoms with Crippen molar-refractivity contribution in [2.75, 3.05) is 46.1 Å². The third-order valence-electron chi connectivity index (χ3n) is 11.5. The number of likely N-dealkylation sites (tertiary alicyclic amines) is 1. The maximum absolute atomic E-state index is 12.8. The quantitative estimate of drug-likeness (QED) is 0.0262. The molecule has 0 radical (unpaired) electrons. The van der Waals surface area contributed by atoms with Crippen LogP contribution < -0.4 is 0 Å². The van der Waals surface area contributed by atoms with Crippen LogP contribution in [0.2, 0.25) is 0 Å². The zero-order valence-corrected chi connectivity index (χ0v) is 39.0. The average Bonchev–Trinajstić information content (AvgIpc) is 3.74. The van der Waals surface area contributed by atoms with Crippen LogP contribution in [-0.2, 0) is 28.5 Å². The molecule has 1 aliphatic rings. The van der Waals surface area contributed by atoms with E-state index in [4.69, 9.17) is 23.7 Å². The third-order valence-corrected chi connectivity index (χ3v) is 11.5. The summed E-state index contributed by atoms with van der Waals surface area (Å²) >= 11 is 0. The number of unbranched alkanes of at least 4 members (excludes halogenated alkanes) is 20. The van der Waals surface area contributed by atoms with Crippen LogP contribution in [0.5, 0.6) is 0 Å². The molecule has 0 spiro atoms. The summed E-state index contributed by atoms with van der Waals surface area (Å²) in [6.45, 7) is 15.0. The molecule has 0 aliphatic carbocycles. The number of allylic oxidation sites excluding steroid dienone is 2. The summed E-state index contributed by atoms with van der Waals surface area (Å²) in [5.74, 6) is 0.00914. The summed E-state index contributed by atoms with van der Waals surface area (Å²) in [5.41, 5.74) is 0. The monoisotopic (exact) mass is 820 g/mol. The van der Waals surface area contributed by atoms with Gasteiger partial charge < -0.3 is 28.6 Å². The van der Waals surface area contributed by atoms with Crippen molar-refractivity contribution >= 4 is 5.97 Å².